The molecule has 1 aliphatic rings. The fourth-order valence-electron chi connectivity index (χ4n) is 3.42. The summed E-state index contributed by atoms with van der Waals surface area (Å²) in [5.74, 6) is 2.98. The van der Waals surface area contributed by atoms with Gasteiger partial charge >= 0.3 is 0 Å². The Morgan fingerprint density at radius 3 is 2.19 bits per heavy atom. The Morgan fingerprint density at radius 2 is 1.52 bits per heavy atom. The first kappa shape index (κ1) is 16.2. The van der Waals surface area contributed by atoms with E-state index in [1.165, 1.54) is 50.5 Å². The summed E-state index contributed by atoms with van der Waals surface area (Å²) in [5.41, 5.74) is 3.73. The molecule has 6 heterocycles. The third-order valence-electron chi connectivity index (χ3n) is 4.69. The molecule has 27 heavy (non-hydrogen) atoms. The van der Waals surface area contributed by atoms with Crippen LogP contribution in [0.25, 0.3) is 41.1 Å². The number of thiophene rings is 3. The van der Waals surface area contributed by atoms with E-state index in [4.69, 9.17) is 8.83 Å². The van der Waals surface area contributed by atoms with Gasteiger partial charge in [0.2, 0.25) is 0 Å². The molecule has 0 saturated heterocycles. The van der Waals surface area contributed by atoms with Crippen LogP contribution in [0.1, 0.15) is 16.0 Å². The van der Waals surface area contributed by atoms with Crippen molar-refractivity contribution in [3.63, 3.8) is 0 Å². The second kappa shape index (κ2) is 5.88. The SMILES string of the molecule is Cc1coc(-c2cc3c(s2)CSc2c-3sc3sc(-c4cc(C)co4)cc23)c1. The van der Waals surface area contributed by atoms with Crippen molar-refractivity contribution in [1.82, 2.24) is 0 Å². The fourth-order valence-corrected chi connectivity index (χ4v) is 8.73. The lowest BCUT2D eigenvalue weighted by atomic mass is 10.1. The van der Waals surface area contributed by atoms with Crippen molar-refractivity contribution in [3.8, 4) is 31.7 Å². The molecule has 0 radical (unpaired) electrons. The average molecular weight is 427 g/mol. The molecule has 5 aromatic heterocycles. The number of aryl methyl sites for hydroxylation is 2. The smallest absolute Gasteiger partial charge is 0.144 e. The minimum atomic E-state index is 0.974. The van der Waals surface area contributed by atoms with Gasteiger partial charge in [-0.25, -0.2) is 0 Å². The van der Waals surface area contributed by atoms with Crippen molar-refractivity contribution >= 4 is 55.2 Å². The molecule has 0 fully saturated rings. The lowest BCUT2D eigenvalue weighted by molar-refractivity contribution is 0.581. The Kier molecular flexibility index (Phi) is 3.54. The second-order valence-electron chi connectivity index (χ2n) is 6.78. The summed E-state index contributed by atoms with van der Waals surface area (Å²) >= 11 is 7.57. The first-order chi connectivity index (χ1) is 13.2. The quantitative estimate of drug-likeness (QED) is 0.283. The van der Waals surface area contributed by atoms with Crippen molar-refractivity contribution < 1.29 is 8.83 Å². The number of hydrogen-bond acceptors (Lipinski definition) is 6. The van der Waals surface area contributed by atoms with Gasteiger partial charge in [0.15, 0.2) is 0 Å². The van der Waals surface area contributed by atoms with Crippen LogP contribution in [0.4, 0.5) is 0 Å². The van der Waals surface area contributed by atoms with Crippen molar-refractivity contribution in [2.24, 2.45) is 0 Å². The standard InChI is InChI=1S/C21H14O2S4/c1-10-3-14(22-7-10)16-5-12-18(25-16)9-24-19-13-6-17(15-4-11(2)8-23-15)26-21(13)27-20(12)19/h3-8H,9H2,1-2H3. The molecule has 6 heteroatoms. The van der Waals surface area contributed by atoms with Gasteiger partial charge in [0.1, 0.15) is 11.5 Å². The van der Waals surface area contributed by atoms with Crippen LogP contribution in [0.5, 0.6) is 0 Å². The maximum absolute atomic E-state index is 5.73. The highest BCUT2D eigenvalue weighted by Crippen LogP contribution is 2.55. The maximum atomic E-state index is 5.73. The zero-order chi connectivity index (χ0) is 18.1. The second-order valence-corrected chi connectivity index (χ2v) is 11.2. The molecule has 2 nitrogen and oxygen atoms in total. The van der Waals surface area contributed by atoms with Crippen LogP contribution in [-0.2, 0) is 5.75 Å². The van der Waals surface area contributed by atoms with Crippen molar-refractivity contribution in [2.45, 2.75) is 24.5 Å². The highest BCUT2D eigenvalue weighted by atomic mass is 32.2. The van der Waals surface area contributed by atoms with Crippen LogP contribution in [0, 0.1) is 13.8 Å². The van der Waals surface area contributed by atoms with Gasteiger partial charge in [-0.15, -0.1) is 45.8 Å². The average Bonchev–Trinajstić information content (AvgIpc) is 3.41. The van der Waals surface area contributed by atoms with Gasteiger partial charge in [0.25, 0.3) is 0 Å². The summed E-state index contributed by atoms with van der Waals surface area (Å²) in [4.78, 5) is 6.73. The molecule has 5 aromatic rings. The predicted octanol–water partition coefficient (Wildman–Crippen LogP) is 8.43. The summed E-state index contributed by atoms with van der Waals surface area (Å²) in [6.45, 7) is 4.14. The number of furan rings is 2. The Balaban J connectivity index is 1.47. The molecule has 134 valence electrons. The molecule has 0 spiro atoms. The van der Waals surface area contributed by atoms with Crippen LogP contribution in [0.2, 0.25) is 0 Å². The number of fused-ring (bicyclic) bond motifs is 5. The molecule has 0 saturated carbocycles. The lowest BCUT2D eigenvalue weighted by Gasteiger charge is -2.11. The molecule has 0 amide bonds. The van der Waals surface area contributed by atoms with Crippen LogP contribution < -0.4 is 0 Å². The van der Waals surface area contributed by atoms with Crippen molar-refractivity contribution in [3.05, 3.63) is 52.8 Å². The summed E-state index contributed by atoms with van der Waals surface area (Å²) in [5, 5.41) is 1.38. The van der Waals surface area contributed by atoms with Gasteiger partial charge in [-0.3, -0.25) is 0 Å². The van der Waals surface area contributed by atoms with Crippen LogP contribution >= 0.6 is 45.8 Å². The number of thioether (sulfide) groups is 1. The van der Waals surface area contributed by atoms with E-state index in [-0.39, 0.29) is 0 Å². The van der Waals surface area contributed by atoms with Gasteiger partial charge in [-0.1, -0.05) is 0 Å². The third kappa shape index (κ3) is 2.51. The number of hydrogen-bond donors (Lipinski definition) is 0. The van der Waals surface area contributed by atoms with E-state index in [1.54, 1.807) is 0 Å². The maximum Gasteiger partial charge on any atom is 0.144 e. The zero-order valence-corrected chi connectivity index (χ0v) is 17.9. The molecular weight excluding hydrogens is 412 g/mol. The first-order valence-electron chi connectivity index (χ1n) is 8.59. The van der Waals surface area contributed by atoms with Gasteiger partial charge in [-0.2, -0.15) is 0 Å². The lowest BCUT2D eigenvalue weighted by Crippen LogP contribution is -1.86. The Labute approximate surface area is 172 Å². The van der Waals surface area contributed by atoms with E-state index in [2.05, 4.69) is 38.1 Å². The monoisotopic (exact) mass is 426 g/mol. The minimum absolute atomic E-state index is 0.974. The van der Waals surface area contributed by atoms with E-state index in [1.807, 2.05) is 58.3 Å². The summed E-state index contributed by atoms with van der Waals surface area (Å²) < 4.78 is 12.8. The topological polar surface area (TPSA) is 26.3 Å². The molecule has 0 bridgehead atoms. The Morgan fingerprint density at radius 1 is 0.815 bits per heavy atom. The normalized spacial score (nSPS) is 13.3. The van der Waals surface area contributed by atoms with Gasteiger partial charge in [0, 0.05) is 26.5 Å². The van der Waals surface area contributed by atoms with E-state index in [0.717, 1.165) is 17.3 Å². The number of rotatable bonds is 2. The Bertz CT molecular complexity index is 1310. The molecular formula is C21H14O2S4. The summed E-state index contributed by atoms with van der Waals surface area (Å²) in [6, 6.07) is 8.85. The van der Waals surface area contributed by atoms with E-state index >= 15 is 0 Å². The van der Waals surface area contributed by atoms with Gasteiger partial charge in [0.05, 0.1) is 31.2 Å². The van der Waals surface area contributed by atoms with Crippen LogP contribution in [0.3, 0.4) is 0 Å². The molecule has 6 rings (SSSR count). The molecule has 0 atom stereocenters. The minimum Gasteiger partial charge on any atom is -0.463 e. The van der Waals surface area contributed by atoms with E-state index in [0.29, 0.717) is 0 Å². The molecule has 0 aromatic carbocycles. The molecule has 1 aliphatic heterocycles. The molecule has 0 aliphatic carbocycles. The van der Waals surface area contributed by atoms with E-state index < -0.39 is 0 Å². The van der Waals surface area contributed by atoms with Crippen molar-refractivity contribution in [2.75, 3.05) is 0 Å². The summed E-state index contributed by atoms with van der Waals surface area (Å²) in [6.07, 6.45) is 3.65. The van der Waals surface area contributed by atoms with Crippen molar-refractivity contribution in [1.29, 1.82) is 0 Å². The van der Waals surface area contributed by atoms with Crippen LogP contribution in [-0.4, -0.2) is 0 Å². The fraction of sp³-hybridized carbons (Fsp3) is 0.143. The Hall–Kier alpha value is -1.73. The summed E-state index contributed by atoms with van der Waals surface area (Å²) in [7, 11) is 0. The molecule has 0 unspecified atom stereocenters. The van der Waals surface area contributed by atoms with Crippen LogP contribution in [0.15, 0.2) is 50.5 Å². The van der Waals surface area contributed by atoms with Gasteiger partial charge < -0.3 is 8.83 Å². The first-order valence-corrected chi connectivity index (χ1v) is 12.0. The predicted molar refractivity (Wildman–Crippen MR) is 117 cm³/mol. The highest BCUT2D eigenvalue weighted by molar-refractivity contribution is 7.99. The highest BCUT2D eigenvalue weighted by Gasteiger charge is 2.26. The zero-order valence-electron chi connectivity index (χ0n) is 14.6. The largest absolute Gasteiger partial charge is 0.463 e. The molecule has 0 N–H and O–H groups in total. The van der Waals surface area contributed by atoms with Gasteiger partial charge in [-0.05, 0) is 49.2 Å². The van der Waals surface area contributed by atoms with E-state index in [9.17, 15) is 0 Å². The third-order valence-corrected chi connectivity index (χ3v) is 9.78.